The Balaban J connectivity index is 1.79. The first-order chi connectivity index (χ1) is 12.1. The number of nitrogens with two attached hydrogens (primary N) is 1. The maximum atomic E-state index is 12.1. The zero-order chi connectivity index (χ0) is 17.8. The molecule has 2 heterocycles. The van der Waals surface area contributed by atoms with Crippen molar-refractivity contribution in [2.24, 2.45) is 5.73 Å². The molecule has 3 rings (SSSR count). The number of amides is 2. The molecule has 0 unspecified atom stereocenters. The molecule has 1 aromatic heterocycles. The van der Waals surface area contributed by atoms with Crippen LogP contribution in [-0.2, 0) is 4.79 Å². The Bertz CT molecular complexity index is 743. The highest BCUT2D eigenvalue weighted by molar-refractivity contribution is 5.91. The highest BCUT2D eigenvalue weighted by Gasteiger charge is 2.31. The Morgan fingerprint density at radius 1 is 1.28 bits per heavy atom. The van der Waals surface area contributed by atoms with Gasteiger partial charge in [-0.05, 0) is 31.0 Å². The molecule has 1 saturated heterocycles. The maximum Gasteiger partial charge on any atom is 0.271 e. The standard InChI is InChI=1S/C18H23N5O2/c1-20-18(25)15-9-11-23(21-15)14-8-5-10-22(12-14)16(17(19)24)13-6-3-2-4-7-13/h2-4,6-7,9,11,14,16H,5,8,10,12H2,1H3,(H2,19,24)(H,20,25)/t14-,16-/m0/s1. The fourth-order valence-corrected chi connectivity index (χ4v) is 3.41. The van der Waals surface area contributed by atoms with Crippen molar-refractivity contribution in [3.63, 3.8) is 0 Å². The Morgan fingerprint density at radius 2 is 2.04 bits per heavy atom. The predicted octanol–water partition coefficient (Wildman–Crippen LogP) is 1.11. The Morgan fingerprint density at radius 3 is 2.72 bits per heavy atom. The number of primary amides is 1. The summed E-state index contributed by atoms with van der Waals surface area (Å²) in [6.07, 6.45) is 3.71. The monoisotopic (exact) mass is 341 g/mol. The molecule has 25 heavy (non-hydrogen) atoms. The van der Waals surface area contributed by atoms with Gasteiger partial charge in [-0.1, -0.05) is 30.3 Å². The molecule has 1 aliphatic rings. The summed E-state index contributed by atoms with van der Waals surface area (Å²) in [5.41, 5.74) is 6.99. The second kappa shape index (κ2) is 7.48. The third-order valence-corrected chi connectivity index (χ3v) is 4.62. The molecule has 1 aliphatic heterocycles. The van der Waals surface area contributed by atoms with E-state index in [-0.39, 0.29) is 17.9 Å². The summed E-state index contributed by atoms with van der Waals surface area (Å²) in [4.78, 5) is 25.9. The molecule has 0 aliphatic carbocycles. The molecule has 132 valence electrons. The molecule has 0 bridgehead atoms. The number of hydrogen-bond donors (Lipinski definition) is 2. The second-order valence-corrected chi connectivity index (χ2v) is 6.27. The van der Waals surface area contributed by atoms with Crippen LogP contribution in [0.4, 0.5) is 0 Å². The van der Waals surface area contributed by atoms with Crippen LogP contribution in [0.25, 0.3) is 0 Å². The van der Waals surface area contributed by atoms with E-state index in [1.54, 1.807) is 13.1 Å². The van der Waals surface area contributed by atoms with Crippen LogP contribution in [0.1, 0.15) is 41.0 Å². The quantitative estimate of drug-likeness (QED) is 0.852. The fourth-order valence-electron chi connectivity index (χ4n) is 3.41. The molecular formula is C18H23N5O2. The first kappa shape index (κ1) is 17.2. The number of carbonyl (C=O) groups excluding carboxylic acids is 2. The van der Waals surface area contributed by atoms with Gasteiger partial charge in [0.05, 0.1) is 6.04 Å². The summed E-state index contributed by atoms with van der Waals surface area (Å²) in [5.74, 6) is -0.552. The normalized spacial score (nSPS) is 19.3. The lowest BCUT2D eigenvalue weighted by Crippen LogP contribution is -2.44. The summed E-state index contributed by atoms with van der Waals surface area (Å²) >= 11 is 0. The van der Waals surface area contributed by atoms with E-state index < -0.39 is 6.04 Å². The van der Waals surface area contributed by atoms with Crippen LogP contribution in [0.15, 0.2) is 42.6 Å². The van der Waals surface area contributed by atoms with Gasteiger partial charge in [-0.3, -0.25) is 19.2 Å². The van der Waals surface area contributed by atoms with Gasteiger partial charge in [-0.25, -0.2) is 0 Å². The van der Waals surface area contributed by atoms with E-state index in [9.17, 15) is 9.59 Å². The lowest BCUT2D eigenvalue weighted by molar-refractivity contribution is -0.124. The van der Waals surface area contributed by atoms with Crippen molar-refractivity contribution >= 4 is 11.8 Å². The first-order valence-corrected chi connectivity index (χ1v) is 8.45. The lowest BCUT2D eigenvalue weighted by Gasteiger charge is -2.37. The van der Waals surface area contributed by atoms with Gasteiger partial charge in [0.15, 0.2) is 0 Å². The molecule has 0 saturated carbocycles. The van der Waals surface area contributed by atoms with Crippen LogP contribution < -0.4 is 11.1 Å². The molecule has 0 spiro atoms. The molecular weight excluding hydrogens is 318 g/mol. The van der Waals surface area contributed by atoms with Crippen molar-refractivity contribution in [3.05, 3.63) is 53.9 Å². The van der Waals surface area contributed by atoms with Crippen LogP contribution in [-0.4, -0.2) is 46.6 Å². The Labute approximate surface area is 146 Å². The van der Waals surface area contributed by atoms with E-state index in [2.05, 4.69) is 15.3 Å². The average Bonchev–Trinajstić information content (AvgIpc) is 3.12. The molecule has 3 N–H and O–H groups in total. The fraction of sp³-hybridized carbons (Fsp3) is 0.389. The van der Waals surface area contributed by atoms with Crippen LogP contribution in [0.5, 0.6) is 0 Å². The van der Waals surface area contributed by atoms with Crippen LogP contribution in [0, 0.1) is 0 Å². The van der Waals surface area contributed by atoms with Crippen molar-refractivity contribution in [1.29, 1.82) is 0 Å². The number of nitrogens with zero attached hydrogens (tertiary/aromatic N) is 3. The predicted molar refractivity (Wildman–Crippen MR) is 93.8 cm³/mol. The number of aromatic nitrogens is 2. The van der Waals surface area contributed by atoms with Gasteiger partial charge in [0.1, 0.15) is 11.7 Å². The largest absolute Gasteiger partial charge is 0.368 e. The summed E-state index contributed by atoms with van der Waals surface area (Å²) in [7, 11) is 1.58. The van der Waals surface area contributed by atoms with E-state index in [0.717, 1.165) is 24.9 Å². The Kier molecular flexibility index (Phi) is 5.14. The number of carbonyl (C=O) groups is 2. The van der Waals surface area contributed by atoms with E-state index in [1.165, 1.54) is 0 Å². The maximum absolute atomic E-state index is 12.1. The van der Waals surface area contributed by atoms with Crippen molar-refractivity contribution < 1.29 is 9.59 Å². The SMILES string of the molecule is CNC(=O)c1ccn([C@H]2CCCN([C@H](C(N)=O)c3ccccc3)C2)n1. The summed E-state index contributed by atoms with van der Waals surface area (Å²) in [5, 5.41) is 6.95. The van der Waals surface area contributed by atoms with Crippen molar-refractivity contribution in [2.75, 3.05) is 20.1 Å². The van der Waals surface area contributed by atoms with Gasteiger partial charge in [-0.15, -0.1) is 0 Å². The van der Waals surface area contributed by atoms with Crippen LogP contribution >= 0.6 is 0 Å². The third-order valence-electron chi connectivity index (χ3n) is 4.62. The molecule has 1 fully saturated rings. The summed E-state index contributed by atoms with van der Waals surface area (Å²) in [6.45, 7) is 1.47. The number of hydrogen-bond acceptors (Lipinski definition) is 4. The summed E-state index contributed by atoms with van der Waals surface area (Å²) in [6, 6.07) is 11.0. The van der Waals surface area contributed by atoms with E-state index in [0.29, 0.717) is 12.2 Å². The smallest absolute Gasteiger partial charge is 0.271 e. The van der Waals surface area contributed by atoms with Crippen molar-refractivity contribution in [1.82, 2.24) is 20.0 Å². The molecule has 1 aromatic carbocycles. The summed E-state index contributed by atoms with van der Waals surface area (Å²) < 4.78 is 1.82. The van der Waals surface area contributed by atoms with E-state index in [4.69, 9.17) is 5.73 Å². The average molecular weight is 341 g/mol. The number of likely N-dealkylation sites (tertiary alicyclic amines) is 1. The van der Waals surface area contributed by atoms with Crippen molar-refractivity contribution in [2.45, 2.75) is 24.9 Å². The minimum Gasteiger partial charge on any atom is -0.368 e. The number of nitrogens with one attached hydrogen (secondary N) is 1. The van der Waals surface area contributed by atoms with Crippen molar-refractivity contribution in [3.8, 4) is 0 Å². The van der Waals surface area contributed by atoms with Gasteiger partial charge in [0.25, 0.3) is 5.91 Å². The molecule has 7 nitrogen and oxygen atoms in total. The molecule has 7 heteroatoms. The zero-order valence-electron chi connectivity index (χ0n) is 14.3. The molecule has 0 radical (unpaired) electrons. The lowest BCUT2D eigenvalue weighted by atomic mass is 9.99. The zero-order valence-corrected chi connectivity index (χ0v) is 14.3. The number of piperidine rings is 1. The van der Waals surface area contributed by atoms with Crippen LogP contribution in [0.2, 0.25) is 0 Å². The van der Waals surface area contributed by atoms with Gasteiger partial charge >= 0.3 is 0 Å². The minimum atomic E-state index is -0.446. The molecule has 2 atom stereocenters. The number of benzene rings is 1. The molecule has 2 amide bonds. The van der Waals surface area contributed by atoms with Gasteiger partial charge in [0, 0.05) is 19.8 Å². The van der Waals surface area contributed by atoms with E-state index in [1.807, 2.05) is 41.2 Å². The third kappa shape index (κ3) is 3.71. The van der Waals surface area contributed by atoms with Gasteiger partial charge < -0.3 is 11.1 Å². The minimum absolute atomic E-state index is 0.109. The van der Waals surface area contributed by atoms with Crippen LogP contribution in [0.3, 0.4) is 0 Å². The first-order valence-electron chi connectivity index (χ1n) is 8.45. The van der Waals surface area contributed by atoms with Gasteiger partial charge in [0.2, 0.25) is 5.91 Å². The second-order valence-electron chi connectivity index (χ2n) is 6.27. The van der Waals surface area contributed by atoms with E-state index >= 15 is 0 Å². The molecule has 2 aromatic rings. The number of rotatable bonds is 5. The topological polar surface area (TPSA) is 93.3 Å². The highest BCUT2D eigenvalue weighted by Crippen LogP contribution is 2.29. The highest BCUT2D eigenvalue weighted by atomic mass is 16.2. The Hall–Kier alpha value is -2.67. The van der Waals surface area contributed by atoms with Gasteiger partial charge in [-0.2, -0.15) is 5.10 Å².